The van der Waals surface area contributed by atoms with Gasteiger partial charge in [0.05, 0.1) is 33.7 Å². The third-order valence-electron chi connectivity index (χ3n) is 7.73. The molecule has 1 heterocycles. The van der Waals surface area contributed by atoms with Crippen LogP contribution in [0.15, 0.2) is 52.3 Å². The third kappa shape index (κ3) is 7.19. The van der Waals surface area contributed by atoms with Crippen molar-refractivity contribution >= 4 is 38.5 Å². The normalized spacial score (nSPS) is 20.4. The van der Waals surface area contributed by atoms with Crippen molar-refractivity contribution in [2.75, 3.05) is 19.1 Å². The second-order valence-electron chi connectivity index (χ2n) is 10.7. The first-order valence-electron chi connectivity index (χ1n) is 13.2. The van der Waals surface area contributed by atoms with E-state index in [4.69, 9.17) is 0 Å². The Morgan fingerprint density at radius 1 is 1.18 bits per heavy atom. The topological polar surface area (TPSA) is 95.2 Å². The second-order valence-corrected chi connectivity index (χ2v) is 13.6. The van der Waals surface area contributed by atoms with Crippen LogP contribution in [0.5, 0.6) is 0 Å². The maximum atomic E-state index is 13.4. The smallest absolute Gasteiger partial charge is 0.353 e. The van der Waals surface area contributed by atoms with Crippen LogP contribution in [0.2, 0.25) is 0 Å². The maximum absolute atomic E-state index is 13.4. The summed E-state index contributed by atoms with van der Waals surface area (Å²) < 4.78 is 66.0. The highest BCUT2D eigenvalue weighted by Crippen LogP contribution is 2.33. The van der Waals surface area contributed by atoms with Gasteiger partial charge in [-0.15, -0.1) is 11.8 Å². The summed E-state index contributed by atoms with van der Waals surface area (Å²) in [6.45, 7) is 4.19. The first-order valence-corrected chi connectivity index (χ1v) is 16.1. The zero-order chi connectivity index (χ0) is 29.2. The van der Waals surface area contributed by atoms with Crippen molar-refractivity contribution in [3.05, 3.63) is 53.9 Å². The van der Waals surface area contributed by atoms with E-state index >= 15 is 0 Å². The summed E-state index contributed by atoms with van der Waals surface area (Å²) in [7, 11) is -1.57. The number of amides is 1. The van der Waals surface area contributed by atoms with E-state index in [1.807, 2.05) is 13.3 Å². The standard InChI is InChI=1S/C28H35F3N4O3S2/c1-17(2)35(3)20-6-12-23(18(13-20)16-40(37,38)22-9-7-21(39-4)8-10-22)34-27(36)15-26-32-24-11-5-19(28(29,30)31)14-25(24)33-26/h5,7-11,14,17-18,20,23H,6,12-13,15-16H2,1-4H3,(H,32,33)(H,34,36)/t18-,20+,23?/m0/s1. The molecule has 0 aliphatic heterocycles. The van der Waals surface area contributed by atoms with E-state index in [-0.39, 0.29) is 52.3 Å². The fourth-order valence-electron chi connectivity index (χ4n) is 5.30. The van der Waals surface area contributed by atoms with Gasteiger partial charge in [-0.25, -0.2) is 13.4 Å². The predicted octanol–water partition coefficient (Wildman–Crippen LogP) is 5.31. The zero-order valence-electron chi connectivity index (χ0n) is 23.0. The Labute approximate surface area is 237 Å². The van der Waals surface area contributed by atoms with Gasteiger partial charge in [0.1, 0.15) is 5.82 Å². The molecule has 12 heteroatoms. The van der Waals surface area contributed by atoms with Gasteiger partial charge in [0, 0.05) is 23.0 Å². The summed E-state index contributed by atoms with van der Waals surface area (Å²) in [5.74, 6) is -0.510. The molecule has 2 N–H and O–H groups in total. The van der Waals surface area contributed by atoms with E-state index in [0.29, 0.717) is 24.4 Å². The van der Waals surface area contributed by atoms with Gasteiger partial charge < -0.3 is 15.2 Å². The van der Waals surface area contributed by atoms with Gasteiger partial charge in [-0.05, 0) is 94.8 Å². The van der Waals surface area contributed by atoms with E-state index in [0.717, 1.165) is 23.4 Å². The number of H-pyrrole nitrogens is 1. The van der Waals surface area contributed by atoms with Crippen molar-refractivity contribution in [1.29, 1.82) is 0 Å². The molecule has 1 unspecified atom stereocenters. The molecule has 1 saturated carbocycles. The van der Waals surface area contributed by atoms with Crippen LogP contribution in [0, 0.1) is 5.92 Å². The number of carbonyl (C=O) groups excluding carboxylic acids is 1. The van der Waals surface area contributed by atoms with Gasteiger partial charge >= 0.3 is 6.18 Å². The van der Waals surface area contributed by atoms with E-state index < -0.39 is 21.6 Å². The number of aromatic amines is 1. The van der Waals surface area contributed by atoms with Crippen LogP contribution in [-0.4, -0.2) is 66.4 Å². The number of nitrogens with one attached hydrogen (secondary N) is 2. The predicted molar refractivity (Wildman–Crippen MR) is 151 cm³/mol. The van der Waals surface area contributed by atoms with Crippen LogP contribution in [0.3, 0.4) is 0 Å². The quantitative estimate of drug-likeness (QED) is 0.325. The van der Waals surface area contributed by atoms with Gasteiger partial charge in [0.15, 0.2) is 9.84 Å². The van der Waals surface area contributed by atoms with Crippen LogP contribution in [0.1, 0.15) is 44.5 Å². The highest BCUT2D eigenvalue weighted by Gasteiger charge is 2.37. The highest BCUT2D eigenvalue weighted by molar-refractivity contribution is 7.98. The van der Waals surface area contributed by atoms with Crippen molar-refractivity contribution in [1.82, 2.24) is 20.2 Å². The molecule has 40 heavy (non-hydrogen) atoms. The van der Waals surface area contributed by atoms with Gasteiger partial charge in [0.2, 0.25) is 5.91 Å². The maximum Gasteiger partial charge on any atom is 0.416 e. The van der Waals surface area contributed by atoms with E-state index in [9.17, 15) is 26.4 Å². The molecule has 1 aliphatic carbocycles. The average Bonchev–Trinajstić information content (AvgIpc) is 3.30. The SMILES string of the molecule is CSc1ccc(S(=O)(=O)C[C@@H]2C[C@H](N(C)C(C)C)CCC2NC(=O)Cc2nc3ccc(C(F)(F)F)cc3[nH]2)cc1. The Balaban J connectivity index is 1.50. The molecule has 218 valence electrons. The molecule has 1 fully saturated rings. The average molecular weight is 597 g/mol. The highest BCUT2D eigenvalue weighted by atomic mass is 32.2. The minimum absolute atomic E-state index is 0.0934. The Hall–Kier alpha value is -2.57. The molecule has 7 nitrogen and oxygen atoms in total. The molecule has 3 atom stereocenters. The van der Waals surface area contributed by atoms with Gasteiger partial charge in [-0.3, -0.25) is 4.79 Å². The van der Waals surface area contributed by atoms with Crippen LogP contribution in [-0.2, 0) is 27.2 Å². The minimum atomic E-state index is -4.48. The number of imidazole rings is 1. The number of nitrogens with zero attached hydrogens (tertiary/aromatic N) is 2. The van der Waals surface area contributed by atoms with Crippen molar-refractivity contribution in [3.8, 4) is 0 Å². The number of carbonyl (C=O) groups is 1. The number of benzene rings is 2. The number of alkyl halides is 3. The van der Waals surface area contributed by atoms with Crippen molar-refractivity contribution in [2.24, 2.45) is 5.92 Å². The van der Waals surface area contributed by atoms with Gasteiger partial charge in [0.25, 0.3) is 0 Å². The second kappa shape index (κ2) is 12.1. The molecule has 1 aromatic heterocycles. The van der Waals surface area contributed by atoms with Crippen LogP contribution in [0.4, 0.5) is 13.2 Å². The lowest BCUT2D eigenvalue weighted by atomic mass is 9.81. The minimum Gasteiger partial charge on any atom is -0.353 e. The first kappa shape index (κ1) is 30.4. The lowest BCUT2D eigenvalue weighted by molar-refractivity contribution is -0.137. The van der Waals surface area contributed by atoms with Crippen LogP contribution in [0.25, 0.3) is 11.0 Å². The Morgan fingerprint density at radius 2 is 1.88 bits per heavy atom. The Morgan fingerprint density at radius 3 is 2.50 bits per heavy atom. The first-order chi connectivity index (χ1) is 18.8. The number of aromatic nitrogens is 2. The van der Waals surface area contributed by atoms with Crippen LogP contribution >= 0.6 is 11.8 Å². The van der Waals surface area contributed by atoms with E-state index in [2.05, 4.69) is 34.0 Å². The number of sulfone groups is 1. The van der Waals surface area contributed by atoms with E-state index in [1.165, 1.54) is 17.8 Å². The molecular weight excluding hydrogens is 561 g/mol. The van der Waals surface area contributed by atoms with Gasteiger partial charge in [-0.1, -0.05) is 0 Å². The monoisotopic (exact) mass is 596 g/mol. The lowest BCUT2D eigenvalue weighted by Crippen LogP contribution is -2.51. The summed E-state index contributed by atoms with van der Waals surface area (Å²) in [5, 5.41) is 3.01. The molecule has 3 aromatic rings. The number of thioether (sulfide) groups is 1. The molecular formula is C28H35F3N4O3S2. The largest absolute Gasteiger partial charge is 0.416 e. The van der Waals surface area contributed by atoms with Crippen molar-refractivity contribution in [3.63, 3.8) is 0 Å². The molecule has 1 amide bonds. The fourth-order valence-corrected chi connectivity index (χ4v) is 7.38. The fraction of sp³-hybridized carbons (Fsp3) is 0.500. The van der Waals surface area contributed by atoms with Gasteiger partial charge in [-0.2, -0.15) is 13.2 Å². The number of halogens is 3. The molecule has 0 saturated heterocycles. The lowest BCUT2D eigenvalue weighted by Gasteiger charge is -2.41. The molecule has 0 bridgehead atoms. The summed E-state index contributed by atoms with van der Waals surface area (Å²) in [5.41, 5.74) is -0.259. The number of hydrogen-bond acceptors (Lipinski definition) is 6. The number of fused-ring (bicyclic) bond motifs is 1. The molecule has 0 spiro atoms. The summed E-state index contributed by atoms with van der Waals surface area (Å²) >= 11 is 1.54. The Kier molecular flexibility index (Phi) is 9.21. The van der Waals surface area contributed by atoms with E-state index in [1.54, 1.807) is 24.3 Å². The number of rotatable bonds is 9. The molecule has 2 aromatic carbocycles. The third-order valence-corrected chi connectivity index (χ3v) is 10.3. The molecule has 0 radical (unpaired) electrons. The van der Waals surface area contributed by atoms with Crippen molar-refractivity contribution in [2.45, 2.75) is 73.6 Å². The summed E-state index contributed by atoms with van der Waals surface area (Å²) in [6.07, 6.45) is -0.664. The molecule has 4 rings (SSSR count). The molecule has 1 aliphatic rings. The van der Waals surface area contributed by atoms with Crippen molar-refractivity contribution < 1.29 is 26.4 Å². The summed E-state index contributed by atoms with van der Waals surface area (Å²) in [6, 6.07) is 10.2. The van der Waals surface area contributed by atoms with Crippen LogP contribution < -0.4 is 5.32 Å². The number of hydrogen-bond donors (Lipinski definition) is 2. The summed E-state index contributed by atoms with van der Waals surface area (Å²) in [4.78, 5) is 23.6. The zero-order valence-corrected chi connectivity index (χ0v) is 24.6. The Bertz CT molecular complexity index is 1440.